The third-order valence-corrected chi connectivity index (χ3v) is 4.29. The molecular formula is C17H26N2O3. The van der Waals surface area contributed by atoms with E-state index in [1.807, 2.05) is 37.3 Å². The van der Waals surface area contributed by atoms with E-state index in [2.05, 4.69) is 4.90 Å². The summed E-state index contributed by atoms with van der Waals surface area (Å²) in [6.07, 6.45) is 0.241. The van der Waals surface area contributed by atoms with Crippen LogP contribution < -0.4 is 0 Å². The van der Waals surface area contributed by atoms with Crippen LogP contribution in [0.5, 0.6) is 0 Å². The Balaban J connectivity index is 1.89. The minimum Gasteiger partial charge on any atom is -0.395 e. The second-order valence-electron chi connectivity index (χ2n) is 5.95. The highest BCUT2D eigenvalue weighted by Crippen LogP contribution is 2.10. The van der Waals surface area contributed by atoms with E-state index in [4.69, 9.17) is 0 Å². The van der Waals surface area contributed by atoms with Crippen LogP contribution in [0, 0.1) is 0 Å². The molecule has 5 nitrogen and oxygen atoms in total. The van der Waals surface area contributed by atoms with Gasteiger partial charge in [-0.05, 0) is 18.9 Å². The summed E-state index contributed by atoms with van der Waals surface area (Å²) in [7, 11) is 0. The number of nitrogens with zero attached hydrogens (tertiary/aromatic N) is 2. The summed E-state index contributed by atoms with van der Waals surface area (Å²) in [5, 5.41) is 19.4. The van der Waals surface area contributed by atoms with Gasteiger partial charge in [0.25, 0.3) is 5.91 Å². The Kier molecular flexibility index (Phi) is 6.36. The third-order valence-electron chi connectivity index (χ3n) is 4.29. The number of aliphatic hydroxyl groups excluding tert-OH is 2. The molecule has 1 aromatic rings. The summed E-state index contributed by atoms with van der Waals surface area (Å²) in [6, 6.07) is 9.69. The Bertz CT molecular complexity index is 466. The van der Waals surface area contributed by atoms with Gasteiger partial charge in [0.2, 0.25) is 0 Å². The lowest BCUT2D eigenvalue weighted by atomic mass is 10.1. The van der Waals surface area contributed by atoms with Gasteiger partial charge in [-0.15, -0.1) is 0 Å². The van der Waals surface area contributed by atoms with Crippen molar-refractivity contribution in [2.75, 3.05) is 32.8 Å². The molecule has 1 fully saturated rings. The zero-order valence-corrected chi connectivity index (χ0v) is 13.2. The van der Waals surface area contributed by atoms with E-state index in [0.29, 0.717) is 19.5 Å². The van der Waals surface area contributed by atoms with Crippen molar-refractivity contribution in [3.8, 4) is 0 Å². The lowest BCUT2D eigenvalue weighted by Gasteiger charge is -2.27. The molecular weight excluding hydrogens is 280 g/mol. The maximum atomic E-state index is 12.4. The highest BCUT2D eigenvalue weighted by Gasteiger charge is 2.25. The minimum atomic E-state index is -0.982. The van der Waals surface area contributed by atoms with E-state index in [1.54, 1.807) is 4.90 Å². The highest BCUT2D eigenvalue weighted by molar-refractivity contribution is 5.81. The Hall–Kier alpha value is -1.43. The summed E-state index contributed by atoms with van der Waals surface area (Å²) in [5.74, 6) is -0.192. The topological polar surface area (TPSA) is 64.0 Å². The second-order valence-corrected chi connectivity index (χ2v) is 5.95. The first-order valence-electron chi connectivity index (χ1n) is 7.97. The molecule has 2 rings (SSSR count). The average Bonchev–Trinajstić information content (AvgIpc) is 2.80. The molecule has 5 heteroatoms. The molecule has 1 aliphatic rings. The molecule has 0 unspecified atom stereocenters. The number of carbonyl (C=O) groups is 1. The van der Waals surface area contributed by atoms with Crippen molar-refractivity contribution in [3.05, 3.63) is 35.9 Å². The van der Waals surface area contributed by atoms with Gasteiger partial charge in [-0.1, -0.05) is 30.3 Å². The van der Waals surface area contributed by atoms with Crippen LogP contribution in [0.1, 0.15) is 18.9 Å². The molecule has 0 saturated carbocycles. The molecule has 1 aromatic carbocycles. The van der Waals surface area contributed by atoms with Gasteiger partial charge in [-0.3, -0.25) is 9.69 Å². The zero-order chi connectivity index (χ0) is 15.9. The molecule has 1 saturated heterocycles. The van der Waals surface area contributed by atoms with Gasteiger partial charge in [0.15, 0.2) is 0 Å². The number of aliphatic hydroxyl groups is 2. The van der Waals surface area contributed by atoms with Crippen LogP contribution >= 0.6 is 0 Å². The summed E-state index contributed by atoms with van der Waals surface area (Å²) in [4.78, 5) is 16.3. The van der Waals surface area contributed by atoms with Crippen molar-refractivity contribution in [1.82, 2.24) is 9.80 Å². The molecule has 0 spiro atoms. The molecule has 1 amide bonds. The summed E-state index contributed by atoms with van der Waals surface area (Å²) in [5.41, 5.74) is 0.966. The average molecular weight is 306 g/mol. The van der Waals surface area contributed by atoms with Crippen LogP contribution in [-0.2, 0) is 11.2 Å². The van der Waals surface area contributed by atoms with Crippen LogP contribution in [0.15, 0.2) is 30.3 Å². The number of rotatable bonds is 5. The predicted octanol–water partition coefficient (Wildman–Crippen LogP) is 0.505. The molecule has 2 atom stereocenters. The van der Waals surface area contributed by atoms with Crippen molar-refractivity contribution < 1.29 is 15.0 Å². The van der Waals surface area contributed by atoms with Crippen molar-refractivity contribution in [3.63, 3.8) is 0 Å². The van der Waals surface area contributed by atoms with Crippen molar-refractivity contribution in [1.29, 1.82) is 0 Å². The Morgan fingerprint density at radius 2 is 1.91 bits per heavy atom. The monoisotopic (exact) mass is 306 g/mol. The van der Waals surface area contributed by atoms with E-state index < -0.39 is 6.10 Å². The van der Waals surface area contributed by atoms with Crippen molar-refractivity contribution >= 4 is 5.91 Å². The van der Waals surface area contributed by atoms with Crippen LogP contribution in [0.4, 0.5) is 0 Å². The first-order valence-corrected chi connectivity index (χ1v) is 7.97. The van der Waals surface area contributed by atoms with Gasteiger partial charge >= 0.3 is 0 Å². The molecule has 0 aliphatic carbocycles. The number of hydrogen-bond donors (Lipinski definition) is 2. The SMILES string of the molecule is C[C@H](CO)N1CCCN(C(=O)[C@@H](O)Cc2ccccc2)CC1. The van der Waals surface area contributed by atoms with E-state index >= 15 is 0 Å². The largest absolute Gasteiger partial charge is 0.395 e. The first-order chi connectivity index (χ1) is 10.6. The maximum absolute atomic E-state index is 12.4. The smallest absolute Gasteiger partial charge is 0.251 e. The molecule has 2 N–H and O–H groups in total. The molecule has 0 aromatic heterocycles. The first kappa shape index (κ1) is 16.9. The Labute approximate surface area is 132 Å². The molecule has 22 heavy (non-hydrogen) atoms. The summed E-state index contributed by atoms with van der Waals surface area (Å²) in [6.45, 7) is 5.01. The van der Waals surface area contributed by atoms with Gasteiger partial charge in [-0.25, -0.2) is 0 Å². The molecule has 1 aliphatic heterocycles. The number of benzene rings is 1. The fourth-order valence-corrected chi connectivity index (χ4v) is 2.85. The van der Waals surface area contributed by atoms with E-state index in [1.165, 1.54) is 0 Å². The standard InChI is InChI=1S/C17H26N2O3/c1-14(13-20)18-8-5-9-19(11-10-18)17(22)16(21)12-15-6-3-2-4-7-15/h2-4,6-7,14,16,20-21H,5,8-13H2,1H3/t14-,16+/m1/s1. The van der Waals surface area contributed by atoms with Gasteiger partial charge in [0.05, 0.1) is 6.61 Å². The number of carbonyl (C=O) groups excluding carboxylic acids is 1. The zero-order valence-electron chi connectivity index (χ0n) is 13.2. The van der Waals surface area contributed by atoms with Gasteiger partial charge in [0, 0.05) is 38.6 Å². The van der Waals surface area contributed by atoms with Gasteiger partial charge in [-0.2, -0.15) is 0 Å². The van der Waals surface area contributed by atoms with Crippen LogP contribution in [0.25, 0.3) is 0 Å². The van der Waals surface area contributed by atoms with E-state index in [0.717, 1.165) is 25.1 Å². The lowest BCUT2D eigenvalue weighted by Crippen LogP contribution is -2.43. The second kappa shape index (κ2) is 8.27. The molecule has 0 radical (unpaired) electrons. The lowest BCUT2D eigenvalue weighted by molar-refractivity contribution is -0.140. The van der Waals surface area contributed by atoms with Crippen molar-refractivity contribution in [2.24, 2.45) is 0 Å². The van der Waals surface area contributed by atoms with Crippen molar-refractivity contribution in [2.45, 2.75) is 31.9 Å². The fraction of sp³-hybridized carbons (Fsp3) is 0.588. The Morgan fingerprint density at radius 3 is 2.59 bits per heavy atom. The number of hydrogen-bond acceptors (Lipinski definition) is 4. The van der Waals surface area contributed by atoms with Crippen LogP contribution in [0.2, 0.25) is 0 Å². The van der Waals surface area contributed by atoms with E-state index in [9.17, 15) is 15.0 Å². The highest BCUT2D eigenvalue weighted by atomic mass is 16.3. The maximum Gasteiger partial charge on any atom is 0.251 e. The summed E-state index contributed by atoms with van der Waals surface area (Å²) >= 11 is 0. The predicted molar refractivity (Wildman–Crippen MR) is 85.5 cm³/mol. The third kappa shape index (κ3) is 4.53. The molecule has 0 bridgehead atoms. The van der Waals surface area contributed by atoms with Gasteiger partial charge < -0.3 is 15.1 Å². The summed E-state index contributed by atoms with van der Waals surface area (Å²) < 4.78 is 0. The van der Waals surface area contributed by atoms with Crippen LogP contribution in [0.3, 0.4) is 0 Å². The normalized spacial score (nSPS) is 19.5. The minimum absolute atomic E-state index is 0.115. The molecule has 1 heterocycles. The van der Waals surface area contributed by atoms with Gasteiger partial charge in [0.1, 0.15) is 6.10 Å². The number of amides is 1. The van der Waals surface area contributed by atoms with Crippen LogP contribution in [-0.4, -0.2) is 70.9 Å². The van der Waals surface area contributed by atoms with E-state index in [-0.39, 0.29) is 18.6 Å². The fourth-order valence-electron chi connectivity index (χ4n) is 2.85. The Morgan fingerprint density at radius 1 is 1.18 bits per heavy atom. The quantitative estimate of drug-likeness (QED) is 0.832. The molecule has 122 valence electrons.